The first-order valence-electron chi connectivity index (χ1n) is 6.56. The van der Waals surface area contributed by atoms with Crippen LogP contribution in [-0.4, -0.2) is 33.8 Å². The zero-order chi connectivity index (χ0) is 14.3. The van der Waals surface area contributed by atoms with Crippen LogP contribution in [0, 0.1) is 0 Å². The summed E-state index contributed by atoms with van der Waals surface area (Å²) in [4.78, 5) is 11.3. The summed E-state index contributed by atoms with van der Waals surface area (Å²) in [6.45, 7) is 2.66. The summed E-state index contributed by atoms with van der Waals surface area (Å²) in [5.74, 6) is 5.09. The maximum absolute atomic E-state index is 11.3. The average Bonchev–Trinajstić information content (AvgIpc) is 2.37. The molecule has 1 rings (SSSR count). The van der Waals surface area contributed by atoms with Crippen LogP contribution >= 0.6 is 0 Å². The van der Waals surface area contributed by atoms with Crippen molar-refractivity contribution < 1.29 is 15.0 Å². The summed E-state index contributed by atoms with van der Waals surface area (Å²) >= 11 is 0. The maximum atomic E-state index is 11.3. The molecule has 0 radical (unpaired) electrons. The molecule has 0 aliphatic rings. The molecule has 106 valence electrons. The summed E-state index contributed by atoms with van der Waals surface area (Å²) in [5, 5.41) is 19.8. The number of phenols is 1. The van der Waals surface area contributed by atoms with E-state index in [0.29, 0.717) is 13.0 Å². The molecule has 1 unspecified atom stereocenters. The summed E-state index contributed by atoms with van der Waals surface area (Å²) in [7, 11) is 0. The number of benzene rings is 1. The first-order chi connectivity index (χ1) is 9.04. The van der Waals surface area contributed by atoms with Crippen LogP contribution in [0.4, 0.5) is 0 Å². The van der Waals surface area contributed by atoms with Gasteiger partial charge in [0, 0.05) is 6.54 Å². The van der Waals surface area contributed by atoms with E-state index in [4.69, 9.17) is 5.84 Å². The standard InChI is InChI=1S/C14H22N2O3/c1-2-3-4-9-16(15)13(14(18)19)10-11-5-7-12(17)8-6-11/h5-8,13,17H,2-4,9-10,15H2,1H3,(H,18,19). The van der Waals surface area contributed by atoms with Gasteiger partial charge in [0.25, 0.3) is 0 Å². The second kappa shape index (κ2) is 7.76. The molecule has 1 atom stereocenters. The fraction of sp³-hybridized carbons (Fsp3) is 0.500. The fourth-order valence-electron chi connectivity index (χ4n) is 1.90. The van der Waals surface area contributed by atoms with Gasteiger partial charge < -0.3 is 10.2 Å². The van der Waals surface area contributed by atoms with E-state index in [2.05, 4.69) is 6.92 Å². The number of rotatable bonds is 8. The molecule has 0 aliphatic heterocycles. The third kappa shape index (κ3) is 5.28. The molecule has 0 aromatic heterocycles. The molecule has 5 heteroatoms. The Morgan fingerprint density at radius 2 is 1.95 bits per heavy atom. The average molecular weight is 266 g/mol. The van der Waals surface area contributed by atoms with E-state index < -0.39 is 12.0 Å². The van der Waals surface area contributed by atoms with Gasteiger partial charge in [-0.3, -0.25) is 10.6 Å². The lowest BCUT2D eigenvalue weighted by Crippen LogP contribution is -2.47. The SMILES string of the molecule is CCCCCN(N)C(Cc1ccc(O)cc1)C(=O)O. The van der Waals surface area contributed by atoms with Crippen LogP contribution in [0.1, 0.15) is 31.7 Å². The van der Waals surface area contributed by atoms with Crippen LogP contribution in [0.5, 0.6) is 5.75 Å². The van der Waals surface area contributed by atoms with Gasteiger partial charge in [0.2, 0.25) is 0 Å². The second-order valence-electron chi connectivity index (χ2n) is 4.67. The number of aromatic hydroxyl groups is 1. The Labute approximate surface area is 113 Å². The molecule has 0 heterocycles. The van der Waals surface area contributed by atoms with Gasteiger partial charge in [-0.05, 0) is 30.5 Å². The highest BCUT2D eigenvalue weighted by atomic mass is 16.4. The molecule has 5 nitrogen and oxygen atoms in total. The van der Waals surface area contributed by atoms with Crippen molar-refractivity contribution in [2.75, 3.05) is 6.54 Å². The fourth-order valence-corrected chi connectivity index (χ4v) is 1.90. The molecule has 0 bridgehead atoms. The zero-order valence-corrected chi connectivity index (χ0v) is 11.2. The largest absolute Gasteiger partial charge is 0.508 e. The minimum atomic E-state index is -0.924. The minimum Gasteiger partial charge on any atom is -0.508 e. The van der Waals surface area contributed by atoms with Gasteiger partial charge in [0.05, 0.1) is 0 Å². The first kappa shape index (κ1) is 15.5. The van der Waals surface area contributed by atoms with Crippen LogP contribution in [0.15, 0.2) is 24.3 Å². The number of carboxylic acids is 1. The van der Waals surface area contributed by atoms with Crippen LogP contribution < -0.4 is 5.84 Å². The Kier molecular flexibility index (Phi) is 6.32. The Hall–Kier alpha value is -1.59. The number of unbranched alkanes of at least 4 members (excludes halogenated alkanes) is 2. The number of hydrogen-bond acceptors (Lipinski definition) is 4. The third-order valence-electron chi connectivity index (χ3n) is 3.07. The minimum absolute atomic E-state index is 0.170. The van der Waals surface area contributed by atoms with Crippen LogP contribution in [-0.2, 0) is 11.2 Å². The molecule has 0 amide bonds. The van der Waals surface area contributed by atoms with Gasteiger partial charge >= 0.3 is 5.97 Å². The van der Waals surface area contributed by atoms with Crippen molar-refractivity contribution in [3.63, 3.8) is 0 Å². The Morgan fingerprint density at radius 1 is 1.32 bits per heavy atom. The molecule has 0 saturated heterocycles. The van der Waals surface area contributed by atoms with Gasteiger partial charge in [-0.2, -0.15) is 0 Å². The van der Waals surface area contributed by atoms with Crippen molar-refractivity contribution in [3.8, 4) is 5.75 Å². The number of aliphatic carboxylic acids is 1. The summed E-state index contributed by atoms with van der Waals surface area (Å²) < 4.78 is 0. The topological polar surface area (TPSA) is 86.8 Å². The molecule has 1 aromatic carbocycles. The second-order valence-corrected chi connectivity index (χ2v) is 4.67. The van der Waals surface area contributed by atoms with Crippen molar-refractivity contribution >= 4 is 5.97 Å². The van der Waals surface area contributed by atoms with E-state index in [1.54, 1.807) is 24.3 Å². The Morgan fingerprint density at radius 3 is 2.47 bits per heavy atom. The van der Waals surface area contributed by atoms with Crippen molar-refractivity contribution in [3.05, 3.63) is 29.8 Å². The number of hydrogen-bond donors (Lipinski definition) is 3. The monoisotopic (exact) mass is 266 g/mol. The summed E-state index contributed by atoms with van der Waals surface area (Å²) in [6, 6.07) is 5.79. The van der Waals surface area contributed by atoms with E-state index in [0.717, 1.165) is 24.8 Å². The number of phenolic OH excluding ortho intramolecular Hbond substituents is 1. The van der Waals surface area contributed by atoms with Gasteiger partial charge in [0.1, 0.15) is 11.8 Å². The number of nitrogens with zero attached hydrogens (tertiary/aromatic N) is 1. The van der Waals surface area contributed by atoms with Crippen LogP contribution in [0.2, 0.25) is 0 Å². The predicted octanol–water partition coefficient (Wildman–Crippen LogP) is 1.75. The molecule has 1 aromatic rings. The highest BCUT2D eigenvalue weighted by Crippen LogP contribution is 2.13. The Bertz CT molecular complexity index is 392. The normalized spacial score (nSPS) is 12.6. The molecule has 0 saturated carbocycles. The van der Waals surface area contributed by atoms with Crippen molar-refractivity contribution in [1.29, 1.82) is 0 Å². The van der Waals surface area contributed by atoms with E-state index >= 15 is 0 Å². The van der Waals surface area contributed by atoms with Gasteiger partial charge in [-0.1, -0.05) is 31.9 Å². The highest BCUT2D eigenvalue weighted by molar-refractivity contribution is 5.73. The molecule has 0 fully saturated rings. The molecular weight excluding hydrogens is 244 g/mol. The Balaban J connectivity index is 2.61. The third-order valence-corrected chi connectivity index (χ3v) is 3.07. The van der Waals surface area contributed by atoms with Crippen LogP contribution in [0.3, 0.4) is 0 Å². The number of carboxylic acid groups (broad SMARTS) is 1. The highest BCUT2D eigenvalue weighted by Gasteiger charge is 2.23. The molecule has 19 heavy (non-hydrogen) atoms. The summed E-state index contributed by atoms with van der Waals surface area (Å²) in [6.07, 6.45) is 3.34. The smallest absolute Gasteiger partial charge is 0.322 e. The lowest BCUT2D eigenvalue weighted by molar-refractivity contribution is -0.143. The first-order valence-corrected chi connectivity index (χ1v) is 6.56. The van der Waals surface area contributed by atoms with E-state index in [-0.39, 0.29) is 5.75 Å². The molecule has 0 spiro atoms. The maximum Gasteiger partial charge on any atom is 0.322 e. The van der Waals surface area contributed by atoms with Crippen LogP contribution in [0.25, 0.3) is 0 Å². The van der Waals surface area contributed by atoms with Gasteiger partial charge in [-0.25, -0.2) is 5.01 Å². The van der Waals surface area contributed by atoms with Gasteiger partial charge in [0.15, 0.2) is 0 Å². The quantitative estimate of drug-likeness (QED) is 0.379. The number of carbonyl (C=O) groups is 1. The van der Waals surface area contributed by atoms with Gasteiger partial charge in [-0.15, -0.1) is 0 Å². The number of hydrazine groups is 1. The molecular formula is C14H22N2O3. The number of nitrogens with two attached hydrogens (primary N) is 1. The van der Waals surface area contributed by atoms with E-state index in [9.17, 15) is 15.0 Å². The zero-order valence-electron chi connectivity index (χ0n) is 11.2. The molecule has 0 aliphatic carbocycles. The summed E-state index contributed by atoms with van der Waals surface area (Å²) in [5.41, 5.74) is 0.844. The lowest BCUT2D eigenvalue weighted by atomic mass is 10.1. The molecule has 4 N–H and O–H groups in total. The van der Waals surface area contributed by atoms with Crippen molar-refractivity contribution in [2.24, 2.45) is 5.84 Å². The van der Waals surface area contributed by atoms with Crippen molar-refractivity contribution in [2.45, 2.75) is 38.6 Å². The van der Waals surface area contributed by atoms with Crippen molar-refractivity contribution in [1.82, 2.24) is 5.01 Å². The van der Waals surface area contributed by atoms with E-state index in [1.807, 2.05) is 0 Å². The lowest BCUT2D eigenvalue weighted by Gasteiger charge is -2.24. The van der Waals surface area contributed by atoms with E-state index in [1.165, 1.54) is 5.01 Å². The predicted molar refractivity (Wildman–Crippen MR) is 73.7 cm³/mol.